The Hall–Kier alpha value is -1.40. The van der Waals surface area contributed by atoms with Gasteiger partial charge in [0.1, 0.15) is 10.6 Å². The molecule has 1 aliphatic heterocycles. The summed E-state index contributed by atoms with van der Waals surface area (Å²) in [5.41, 5.74) is 0. The first-order valence-corrected chi connectivity index (χ1v) is 8.03. The Balaban J connectivity index is 1.65. The molecular formula is C14H20N4OS. The molecule has 2 N–H and O–H groups in total. The molecule has 1 atom stereocenters. The van der Waals surface area contributed by atoms with Crippen LogP contribution in [0.5, 0.6) is 0 Å². The smallest absolute Gasteiger partial charge is 0.225 e. The van der Waals surface area contributed by atoms with Gasteiger partial charge < -0.3 is 15.4 Å². The van der Waals surface area contributed by atoms with Crippen LogP contribution in [0.4, 0.5) is 11.8 Å². The molecule has 108 valence electrons. The van der Waals surface area contributed by atoms with Crippen molar-refractivity contribution in [2.45, 2.75) is 31.8 Å². The maximum Gasteiger partial charge on any atom is 0.225 e. The Bertz CT molecular complexity index is 565. The van der Waals surface area contributed by atoms with Gasteiger partial charge in [0, 0.05) is 20.2 Å². The molecule has 0 saturated carbocycles. The summed E-state index contributed by atoms with van der Waals surface area (Å²) in [5.74, 6) is 1.58. The first kappa shape index (κ1) is 13.6. The lowest BCUT2D eigenvalue weighted by Gasteiger charge is -2.22. The van der Waals surface area contributed by atoms with Gasteiger partial charge in [-0.15, -0.1) is 11.3 Å². The monoisotopic (exact) mass is 292 g/mol. The van der Waals surface area contributed by atoms with Gasteiger partial charge in [-0.1, -0.05) is 0 Å². The maximum atomic E-state index is 5.75. The zero-order chi connectivity index (χ0) is 13.8. The predicted octanol–water partition coefficient (Wildman–Crippen LogP) is 3.10. The van der Waals surface area contributed by atoms with Crippen LogP contribution in [0, 0.1) is 0 Å². The van der Waals surface area contributed by atoms with E-state index in [1.54, 1.807) is 11.3 Å². The molecule has 0 aliphatic carbocycles. The van der Waals surface area contributed by atoms with Crippen molar-refractivity contribution in [2.24, 2.45) is 0 Å². The predicted molar refractivity (Wildman–Crippen MR) is 83.7 cm³/mol. The second kappa shape index (κ2) is 6.37. The van der Waals surface area contributed by atoms with E-state index < -0.39 is 0 Å². The molecule has 6 heteroatoms. The average Bonchev–Trinajstić information content (AvgIpc) is 2.96. The molecule has 0 bridgehead atoms. The Morgan fingerprint density at radius 1 is 1.40 bits per heavy atom. The van der Waals surface area contributed by atoms with Crippen molar-refractivity contribution >= 4 is 33.3 Å². The van der Waals surface area contributed by atoms with Crippen molar-refractivity contribution in [3.8, 4) is 0 Å². The molecule has 1 saturated heterocycles. The number of anilines is 2. The van der Waals surface area contributed by atoms with Crippen LogP contribution in [0.25, 0.3) is 10.2 Å². The van der Waals surface area contributed by atoms with E-state index >= 15 is 0 Å². The van der Waals surface area contributed by atoms with E-state index in [1.165, 1.54) is 19.3 Å². The van der Waals surface area contributed by atoms with Crippen LogP contribution in [-0.4, -0.2) is 36.3 Å². The Kier molecular flexibility index (Phi) is 4.32. The summed E-state index contributed by atoms with van der Waals surface area (Å²) in [6.07, 6.45) is 5.11. The summed E-state index contributed by atoms with van der Waals surface area (Å²) in [4.78, 5) is 9.97. The van der Waals surface area contributed by atoms with Gasteiger partial charge in [-0.2, -0.15) is 4.98 Å². The van der Waals surface area contributed by atoms with E-state index in [-0.39, 0.29) is 0 Å². The van der Waals surface area contributed by atoms with E-state index in [9.17, 15) is 0 Å². The van der Waals surface area contributed by atoms with Gasteiger partial charge in [-0.3, -0.25) is 0 Å². The molecule has 0 radical (unpaired) electrons. The molecule has 3 rings (SSSR count). The lowest BCUT2D eigenvalue weighted by molar-refractivity contribution is 0.0134. The second-order valence-electron chi connectivity index (χ2n) is 4.99. The molecule has 1 unspecified atom stereocenters. The molecule has 2 aromatic rings. The van der Waals surface area contributed by atoms with Crippen molar-refractivity contribution < 1.29 is 4.74 Å². The second-order valence-corrected chi connectivity index (χ2v) is 5.88. The van der Waals surface area contributed by atoms with Gasteiger partial charge >= 0.3 is 0 Å². The number of nitrogens with zero attached hydrogens (tertiary/aromatic N) is 2. The Morgan fingerprint density at radius 2 is 2.35 bits per heavy atom. The van der Waals surface area contributed by atoms with Crippen LogP contribution in [0.1, 0.15) is 25.7 Å². The van der Waals surface area contributed by atoms with Crippen LogP contribution < -0.4 is 10.6 Å². The van der Waals surface area contributed by atoms with Crippen LogP contribution in [0.2, 0.25) is 0 Å². The number of thiophene rings is 1. The fourth-order valence-electron chi connectivity index (χ4n) is 2.49. The lowest BCUT2D eigenvalue weighted by atomic mass is 10.1. The van der Waals surface area contributed by atoms with E-state index in [1.807, 2.05) is 12.4 Å². The largest absolute Gasteiger partial charge is 0.378 e. The van der Waals surface area contributed by atoms with Gasteiger partial charge in [0.05, 0.1) is 11.5 Å². The molecule has 3 heterocycles. The standard InChI is InChI=1S/C14H20N4OS/c1-15-14-17-12(11-6-9-20-13(11)18-14)16-7-5-10-4-2-3-8-19-10/h6,9-10H,2-5,7-8H2,1H3,(H2,15,16,17,18). The summed E-state index contributed by atoms with van der Waals surface area (Å²) in [6, 6.07) is 2.07. The molecule has 5 nitrogen and oxygen atoms in total. The summed E-state index contributed by atoms with van der Waals surface area (Å²) in [7, 11) is 1.84. The maximum absolute atomic E-state index is 5.75. The molecule has 2 aromatic heterocycles. The first-order chi connectivity index (χ1) is 9.86. The van der Waals surface area contributed by atoms with Gasteiger partial charge in [0.2, 0.25) is 5.95 Å². The summed E-state index contributed by atoms with van der Waals surface area (Å²) in [5, 5.41) is 9.59. The van der Waals surface area contributed by atoms with E-state index in [0.717, 1.165) is 35.6 Å². The normalized spacial score (nSPS) is 19.1. The first-order valence-electron chi connectivity index (χ1n) is 7.15. The summed E-state index contributed by atoms with van der Waals surface area (Å²) >= 11 is 1.64. The van der Waals surface area contributed by atoms with E-state index in [4.69, 9.17) is 4.74 Å². The van der Waals surface area contributed by atoms with E-state index in [0.29, 0.717) is 12.1 Å². The number of rotatable bonds is 5. The minimum Gasteiger partial charge on any atom is -0.378 e. The zero-order valence-corrected chi connectivity index (χ0v) is 12.5. The number of aromatic nitrogens is 2. The Morgan fingerprint density at radius 3 is 3.15 bits per heavy atom. The average molecular weight is 292 g/mol. The number of ether oxygens (including phenoxy) is 1. The molecule has 1 aliphatic rings. The van der Waals surface area contributed by atoms with Crippen molar-refractivity contribution in [1.29, 1.82) is 0 Å². The summed E-state index contributed by atoms with van der Waals surface area (Å²) < 4.78 is 5.75. The number of hydrogen-bond acceptors (Lipinski definition) is 6. The topological polar surface area (TPSA) is 59.1 Å². The highest BCUT2D eigenvalue weighted by molar-refractivity contribution is 7.16. The van der Waals surface area contributed by atoms with Crippen LogP contribution in [0.15, 0.2) is 11.4 Å². The van der Waals surface area contributed by atoms with Crippen molar-refractivity contribution in [3.63, 3.8) is 0 Å². The fourth-order valence-corrected chi connectivity index (χ4v) is 3.25. The highest BCUT2D eigenvalue weighted by Gasteiger charge is 2.14. The fraction of sp³-hybridized carbons (Fsp3) is 0.571. The van der Waals surface area contributed by atoms with Crippen LogP contribution >= 0.6 is 11.3 Å². The number of fused-ring (bicyclic) bond motifs is 1. The molecule has 0 aromatic carbocycles. The third-order valence-corrected chi connectivity index (χ3v) is 4.39. The van der Waals surface area contributed by atoms with Crippen molar-refractivity contribution in [2.75, 3.05) is 30.8 Å². The highest BCUT2D eigenvalue weighted by atomic mass is 32.1. The zero-order valence-electron chi connectivity index (χ0n) is 11.7. The molecule has 0 spiro atoms. The molecule has 20 heavy (non-hydrogen) atoms. The van der Waals surface area contributed by atoms with Crippen LogP contribution in [-0.2, 0) is 4.74 Å². The van der Waals surface area contributed by atoms with E-state index in [2.05, 4.69) is 26.7 Å². The summed E-state index contributed by atoms with van der Waals surface area (Å²) in [6.45, 7) is 1.80. The minimum atomic E-state index is 0.403. The van der Waals surface area contributed by atoms with Crippen molar-refractivity contribution in [3.05, 3.63) is 11.4 Å². The van der Waals surface area contributed by atoms with Gasteiger partial charge in [0.25, 0.3) is 0 Å². The highest BCUT2D eigenvalue weighted by Crippen LogP contribution is 2.26. The van der Waals surface area contributed by atoms with Crippen molar-refractivity contribution in [1.82, 2.24) is 9.97 Å². The van der Waals surface area contributed by atoms with Gasteiger partial charge in [-0.05, 0) is 37.1 Å². The minimum absolute atomic E-state index is 0.403. The number of hydrogen-bond donors (Lipinski definition) is 2. The quantitative estimate of drug-likeness (QED) is 0.886. The third-order valence-electron chi connectivity index (χ3n) is 3.58. The SMILES string of the molecule is CNc1nc(NCCC2CCCCO2)c2ccsc2n1. The van der Waals surface area contributed by atoms with Gasteiger partial charge in [0.15, 0.2) is 0 Å². The Labute approximate surface area is 122 Å². The molecular weight excluding hydrogens is 272 g/mol. The van der Waals surface area contributed by atoms with Crippen LogP contribution in [0.3, 0.4) is 0 Å². The van der Waals surface area contributed by atoms with Gasteiger partial charge in [-0.25, -0.2) is 4.98 Å². The lowest BCUT2D eigenvalue weighted by Crippen LogP contribution is -2.22. The molecule has 1 fully saturated rings. The number of nitrogens with one attached hydrogen (secondary N) is 2. The molecule has 0 amide bonds. The third kappa shape index (κ3) is 3.02.